The van der Waals surface area contributed by atoms with E-state index in [1.807, 2.05) is 17.3 Å². The number of H-pyrrole nitrogens is 1. The van der Waals surface area contributed by atoms with Crippen LogP contribution in [-0.2, 0) is 17.9 Å². The Hall–Kier alpha value is -3.08. The highest BCUT2D eigenvalue weighted by molar-refractivity contribution is 5.80. The van der Waals surface area contributed by atoms with Crippen LogP contribution in [0.1, 0.15) is 24.0 Å². The first-order valence-corrected chi connectivity index (χ1v) is 9.98. The van der Waals surface area contributed by atoms with Crippen LogP contribution in [0.3, 0.4) is 0 Å². The van der Waals surface area contributed by atoms with Gasteiger partial charge in [-0.1, -0.05) is 36.4 Å². The number of piperidine rings is 1. The van der Waals surface area contributed by atoms with Crippen LogP contribution in [0.2, 0.25) is 0 Å². The first kappa shape index (κ1) is 17.0. The second kappa shape index (κ2) is 7.15. The van der Waals surface area contributed by atoms with E-state index in [9.17, 15) is 4.79 Å². The topological polar surface area (TPSA) is 52.2 Å². The molecule has 0 atom stereocenters. The number of rotatable bonds is 3. The summed E-state index contributed by atoms with van der Waals surface area (Å²) in [5, 5.41) is 6.86. The Morgan fingerprint density at radius 2 is 1.61 bits per heavy atom. The van der Waals surface area contributed by atoms with E-state index in [1.54, 1.807) is 0 Å². The molecule has 0 unspecified atom stereocenters. The first-order chi connectivity index (χ1) is 13.8. The summed E-state index contributed by atoms with van der Waals surface area (Å²) >= 11 is 0. The Morgan fingerprint density at radius 3 is 2.21 bits per heavy atom. The third-order valence-electron chi connectivity index (χ3n) is 6.06. The molecule has 3 heterocycles. The van der Waals surface area contributed by atoms with Crippen LogP contribution in [0, 0.1) is 5.92 Å². The summed E-state index contributed by atoms with van der Waals surface area (Å²) in [7, 11) is 0. The first-order valence-electron chi connectivity index (χ1n) is 9.98. The fraction of sp³-hybridized carbons (Fsp3) is 0.304. The Bertz CT molecular complexity index is 932. The third kappa shape index (κ3) is 3.17. The molecule has 1 amide bonds. The minimum Gasteiger partial charge on any atom is -0.371 e. The number of hydrogen-bond acceptors (Lipinski definition) is 3. The SMILES string of the molecule is O=C(C1CCN(c2ccc(-c3cn[nH]c3)cc2)CC1)N1Cc2ccccc2C1. The predicted octanol–water partition coefficient (Wildman–Crippen LogP) is 3.84. The quantitative estimate of drug-likeness (QED) is 0.760. The normalized spacial score (nSPS) is 17.0. The zero-order chi connectivity index (χ0) is 18.9. The molecule has 0 saturated carbocycles. The Morgan fingerprint density at radius 1 is 0.929 bits per heavy atom. The highest BCUT2D eigenvalue weighted by Crippen LogP contribution is 2.30. The summed E-state index contributed by atoms with van der Waals surface area (Å²) < 4.78 is 0. The minimum atomic E-state index is 0.149. The molecule has 5 heteroatoms. The molecule has 0 radical (unpaired) electrons. The van der Waals surface area contributed by atoms with Gasteiger partial charge in [-0.05, 0) is 41.7 Å². The predicted molar refractivity (Wildman–Crippen MR) is 110 cm³/mol. The molecule has 1 saturated heterocycles. The lowest BCUT2D eigenvalue weighted by Crippen LogP contribution is -2.41. The standard InChI is InChI=1S/C23H24N4O/c28-23(27-15-19-3-1-2-4-20(19)16-27)18-9-11-26(12-10-18)22-7-5-17(6-8-22)21-13-24-25-14-21/h1-8,13-14,18H,9-12,15-16H2,(H,24,25). The Balaban J connectivity index is 1.19. The second-order valence-electron chi connectivity index (χ2n) is 7.76. The summed E-state index contributed by atoms with van der Waals surface area (Å²) in [5.41, 5.74) is 6.09. The molecule has 2 aliphatic rings. The van der Waals surface area contributed by atoms with Crippen molar-refractivity contribution in [3.8, 4) is 11.1 Å². The van der Waals surface area contributed by atoms with Gasteiger partial charge >= 0.3 is 0 Å². The number of nitrogens with one attached hydrogen (secondary N) is 1. The van der Waals surface area contributed by atoms with Crippen molar-refractivity contribution in [1.82, 2.24) is 15.1 Å². The average molecular weight is 372 g/mol. The maximum Gasteiger partial charge on any atom is 0.226 e. The van der Waals surface area contributed by atoms with E-state index in [1.165, 1.54) is 16.8 Å². The monoisotopic (exact) mass is 372 g/mol. The molecule has 142 valence electrons. The van der Waals surface area contributed by atoms with Crippen molar-refractivity contribution in [2.45, 2.75) is 25.9 Å². The summed E-state index contributed by atoms with van der Waals surface area (Å²) in [6.07, 6.45) is 5.59. The van der Waals surface area contributed by atoms with E-state index in [2.05, 4.69) is 63.6 Å². The van der Waals surface area contributed by atoms with Crippen LogP contribution in [0.5, 0.6) is 0 Å². The summed E-state index contributed by atoms with van der Waals surface area (Å²) in [6.45, 7) is 3.40. The van der Waals surface area contributed by atoms with Gasteiger partial charge in [0.15, 0.2) is 0 Å². The highest BCUT2D eigenvalue weighted by Gasteiger charge is 2.31. The van der Waals surface area contributed by atoms with Crippen molar-refractivity contribution >= 4 is 11.6 Å². The lowest BCUT2D eigenvalue weighted by atomic mass is 9.94. The Kier molecular flexibility index (Phi) is 4.35. The maximum atomic E-state index is 13.0. The molecule has 0 aliphatic carbocycles. The molecule has 5 rings (SSSR count). The number of amides is 1. The fourth-order valence-corrected chi connectivity index (χ4v) is 4.41. The summed E-state index contributed by atoms with van der Waals surface area (Å²) in [5.74, 6) is 0.474. The van der Waals surface area contributed by atoms with Gasteiger partial charge in [0.1, 0.15) is 0 Å². The van der Waals surface area contributed by atoms with Gasteiger partial charge in [0, 0.05) is 49.5 Å². The summed E-state index contributed by atoms with van der Waals surface area (Å²) in [4.78, 5) is 17.4. The molecule has 0 bridgehead atoms. The fourth-order valence-electron chi connectivity index (χ4n) is 4.41. The Labute approximate surface area is 165 Å². The molecular weight excluding hydrogens is 348 g/mol. The van der Waals surface area contributed by atoms with E-state index in [0.717, 1.165) is 50.1 Å². The number of aromatic nitrogens is 2. The van der Waals surface area contributed by atoms with Crippen molar-refractivity contribution in [2.75, 3.05) is 18.0 Å². The van der Waals surface area contributed by atoms with Crippen LogP contribution in [-0.4, -0.2) is 34.1 Å². The molecule has 2 aromatic carbocycles. The van der Waals surface area contributed by atoms with Crippen LogP contribution in [0.4, 0.5) is 5.69 Å². The van der Waals surface area contributed by atoms with Gasteiger partial charge in [0.25, 0.3) is 0 Å². The number of fused-ring (bicyclic) bond motifs is 1. The number of benzene rings is 2. The zero-order valence-corrected chi connectivity index (χ0v) is 15.8. The van der Waals surface area contributed by atoms with Gasteiger partial charge in [-0.25, -0.2) is 0 Å². The smallest absolute Gasteiger partial charge is 0.226 e. The third-order valence-corrected chi connectivity index (χ3v) is 6.06. The van der Waals surface area contributed by atoms with Crippen molar-refractivity contribution < 1.29 is 4.79 Å². The molecule has 0 spiro atoms. The maximum absolute atomic E-state index is 13.0. The second-order valence-corrected chi connectivity index (χ2v) is 7.76. The van der Waals surface area contributed by atoms with Crippen molar-refractivity contribution in [2.24, 2.45) is 5.92 Å². The van der Waals surface area contributed by atoms with E-state index in [4.69, 9.17) is 0 Å². The number of hydrogen-bond donors (Lipinski definition) is 1. The number of aromatic amines is 1. The largest absolute Gasteiger partial charge is 0.371 e. The molecule has 2 aliphatic heterocycles. The number of carbonyl (C=O) groups excluding carboxylic acids is 1. The minimum absolute atomic E-state index is 0.149. The molecule has 5 nitrogen and oxygen atoms in total. The van der Waals surface area contributed by atoms with Gasteiger partial charge in [-0.15, -0.1) is 0 Å². The van der Waals surface area contributed by atoms with E-state index < -0.39 is 0 Å². The van der Waals surface area contributed by atoms with E-state index in [0.29, 0.717) is 5.91 Å². The molecule has 3 aromatic rings. The molecule has 28 heavy (non-hydrogen) atoms. The zero-order valence-electron chi connectivity index (χ0n) is 15.8. The van der Waals surface area contributed by atoms with Gasteiger partial charge < -0.3 is 9.80 Å². The van der Waals surface area contributed by atoms with Crippen LogP contribution in [0.15, 0.2) is 60.9 Å². The molecule has 1 fully saturated rings. The lowest BCUT2D eigenvalue weighted by molar-refractivity contribution is -0.136. The van der Waals surface area contributed by atoms with Gasteiger partial charge in [0.05, 0.1) is 6.20 Å². The van der Waals surface area contributed by atoms with Gasteiger partial charge in [-0.3, -0.25) is 9.89 Å². The number of nitrogens with zero attached hydrogens (tertiary/aromatic N) is 3. The van der Waals surface area contributed by atoms with E-state index >= 15 is 0 Å². The number of carbonyl (C=O) groups is 1. The van der Waals surface area contributed by atoms with E-state index in [-0.39, 0.29) is 5.92 Å². The average Bonchev–Trinajstić information content (AvgIpc) is 3.43. The van der Waals surface area contributed by atoms with Crippen LogP contribution in [0.25, 0.3) is 11.1 Å². The van der Waals surface area contributed by atoms with Crippen LogP contribution >= 0.6 is 0 Å². The number of anilines is 1. The van der Waals surface area contributed by atoms with Crippen molar-refractivity contribution in [1.29, 1.82) is 0 Å². The van der Waals surface area contributed by atoms with Crippen LogP contribution < -0.4 is 4.90 Å². The molecular formula is C23H24N4O. The molecule has 1 N–H and O–H groups in total. The van der Waals surface area contributed by atoms with Gasteiger partial charge in [0.2, 0.25) is 5.91 Å². The summed E-state index contributed by atoms with van der Waals surface area (Å²) in [6, 6.07) is 17.0. The van der Waals surface area contributed by atoms with Crippen molar-refractivity contribution in [3.05, 3.63) is 72.1 Å². The highest BCUT2D eigenvalue weighted by atomic mass is 16.2. The molecule has 1 aromatic heterocycles. The van der Waals surface area contributed by atoms with Crippen molar-refractivity contribution in [3.63, 3.8) is 0 Å². The van der Waals surface area contributed by atoms with Gasteiger partial charge in [-0.2, -0.15) is 5.10 Å². The lowest BCUT2D eigenvalue weighted by Gasteiger charge is -2.34.